The van der Waals surface area contributed by atoms with E-state index < -0.39 is 61.7 Å². The summed E-state index contributed by atoms with van der Waals surface area (Å²) in [5, 5.41) is 7.12. The van der Waals surface area contributed by atoms with Crippen LogP contribution >= 0.6 is 23.8 Å². The van der Waals surface area contributed by atoms with Gasteiger partial charge < -0.3 is 24.8 Å². The number of nitrogens with two attached hydrogens (primary N) is 1. The van der Waals surface area contributed by atoms with Gasteiger partial charge in [0.2, 0.25) is 0 Å². The van der Waals surface area contributed by atoms with E-state index in [0.29, 0.717) is 12.2 Å². The van der Waals surface area contributed by atoms with E-state index in [-0.39, 0.29) is 31.1 Å². The van der Waals surface area contributed by atoms with Gasteiger partial charge in [0.05, 0.1) is 18.8 Å². The maximum Gasteiger partial charge on any atom is 0.530 e. The molecule has 14 nitrogen and oxygen atoms in total. The van der Waals surface area contributed by atoms with Crippen molar-refractivity contribution in [3.05, 3.63) is 66.9 Å². The average Bonchev–Trinajstić information content (AvgIpc) is 3.35. The Bertz CT molecular complexity index is 1610. The van der Waals surface area contributed by atoms with Crippen molar-refractivity contribution in [2.75, 3.05) is 6.61 Å². The van der Waals surface area contributed by atoms with Crippen LogP contribution in [-0.4, -0.2) is 57.6 Å². The number of carboxylic acids is 1. The van der Waals surface area contributed by atoms with Crippen LogP contribution in [0.4, 0.5) is 13.2 Å². The molecule has 1 saturated heterocycles. The van der Waals surface area contributed by atoms with Crippen molar-refractivity contribution in [3.8, 4) is 5.75 Å². The number of benzene rings is 1. The number of rotatable bonds is 9. The number of esters is 1. The minimum Gasteiger partial charge on any atom is -0.475 e. The number of carbonyl (C=O) groups is 2. The van der Waals surface area contributed by atoms with Crippen molar-refractivity contribution >= 4 is 41.8 Å². The summed E-state index contributed by atoms with van der Waals surface area (Å²) in [5.41, 5.74) is 6.43. The number of nitrogens with one attached hydrogen (secondary N) is 1. The molecule has 0 radical (unpaired) electrons. The van der Waals surface area contributed by atoms with Crippen LogP contribution in [0.1, 0.15) is 49.6 Å². The zero-order valence-corrected chi connectivity index (χ0v) is 27.2. The predicted octanol–water partition coefficient (Wildman–Crippen LogP) is 4.15. The number of H-pyrrole nitrogens is 1. The van der Waals surface area contributed by atoms with Gasteiger partial charge in [-0.15, -0.1) is 0 Å². The van der Waals surface area contributed by atoms with E-state index in [1.54, 1.807) is 6.07 Å². The third kappa shape index (κ3) is 9.86. The van der Waals surface area contributed by atoms with Gasteiger partial charge in [-0.3, -0.25) is 28.2 Å². The Hall–Kier alpha value is -3.28. The number of aromatic nitrogens is 2. The van der Waals surface area contributed by atoms with E-state index in [9.17, 15) is 32.1 Å². The molecule has 4 rings (SSSR count). The standard InChI is InChI=1S/C25H31BrN3O9P.C2HF3O2/c1-14(2)9-18(27)24(31)37-19-10-21(29-11-16(7-8-26)23(30)28-25(29)32)36-20(19)13-35-39(33)34-12-17-6-4-5-15(3)22(17)38-39;3-2(4,5)1(6)7/h4-8,11,14,18-21H,9-10,12-13,27H2,1-3H3,(H,28,30,32);(H,6,7)/b8-7+;/t18-,19+,20-,21-,39?;/m1./s1. The third-order valence-corrected chi connectivity index (χ3v) is 8.12. The topological polar surface area (TPSA) is 198 Å². The molecule has 2 aliphatic heterocycles. The van der Waals surface area contributed by atoms with E-state index in [2.05, 4.69) is 20.9 Å². The van der Waals surface area contributed by atoms with Gasteiger partial charge in [0, 0.05) is 18.2 Å². The van der Waals surface area contributed by atoms with Crippen LogP contribution in [0.2, 0.25) is 0 Å². The van der Waals surface area contributed by atoms with E-state index in [4.69, 9.17) is 38.7 Å². The number of carbonyl (C=O) groups excluding carboxylic acids is 1. The van der Waals surface area contributed by atoms with Crippen LogP contribution in [0.3, 0.4) is 0 Å². The Morgan fingerprint density at radius 2 is 1.98 bits per heavy atom. The Labute approximate surface area is 268 Å². The van der Waals surface area contributed by atoms with Gasteiger partial charge in [-0.05, 0) is 35.9 Å². The molecule has 3 heterocycles. The molecular weight excluding hydrogens is 710 g/mol. The second-order valence-corrected chi connectivity index (χ2v) is 12.7. The maximum atomic E-state index is 13.3. The highest BCUT2D eigenvalue weighted by molar-refractivity contribution is 9.11. The number of ether oxygens (including phenoxy) is 2. The highest BCUT2D eigenvalue weighted by Gasteiger charge is 2.43. The number of halogens is 4. The van der Waals surface area contributed by atoms with Gasteiger partial charge in [-0.2, -0.15) is 13.2 Å². The van der Waals surface area contributed by atoms with Gasteiger partial charge in [0.15, 0.2) is 0 Å². The number of aryl methyl sites for hydroxylation is 1. The lowest BCUT2D eigenvalue weighted by molar-refractivity contribution is -0.192. The molecule has 254 valence electrons. The molecule has 1 fully saturated rings. The molecule has 5 atom stereocenters. The second kappa shape index (κ2) is 15.5. The normalized spacial score (nSPS) is 23.3. The van der Waals surface area contributed by atoms with E-state index in [1.807, 2.05) is 32.9 Å². The summed E-state index contributed by atoms with van der Waals surface area (Å²) in [6.07, 6.45) is -4.60. The molecule has 4 N–H and O–H groups in total. The van der Waals surface area contributed by atoms with Gasteiger partial charge in [0.25, 0.3) is 5.56 Å². The number of aromatic amines is 1. The third-order valence-electron chi connectivity index (χ3n) is 6.54. The number of nitrogens with zero attached hydrogens (tertiary/aromatic N) is 1. The Morgan fingerprint density at radius 1 is 1.30 bits per heavy atom. The first-order valence-electron chi connectivity index (χ1n) is 13.6. The monoisotopic (exact) mass is 741 g/mol. The number of alkyl halides is 3. The van der Waals surface area contributed by atoms with Crippen molar-refractivity contribution in [2.45, 2.75) is 70.9 Å². The van der Waals surface area contributed by atoms with E-state index in [1.165, 1.54) is 21.8 Å². The summed E-state index contributed by atoms with van der Waals surface area (Å²) in [5.74, 6) is -2.81. The molecule has 1 aromatic heterocycles. The van der Waals surface area contributed by atoms with E-state index in [0.717, 1.165) is 11.1 Å². The minimum atomic E-state index is -5.08. The summed E-state index contributed by atoms with van der Waals surface area (Å²) >= 11 is 3.11. The molecule has 19 heteroatoms. The van der Waals surface area contributed by atoms with Gasteiger partial charge in [0.1, 0.15) is 30.2 Å². The summed E-state index contributed by atoms with van der Waals surface area (Å²) in [6.45, 7) is 5.37. The molecule has 2 aromatic rings. The van der Waals surface area contributed by atoms with Crippen LogP contribution in [0.15, 0.2) is 39.0 Å². The molecule has 2 aliphatic rings. The molecule has 0 spiro atoms. The number of phosphoric acid groups is 1. The molecule has 0 amide bonds. The number of carboxylic acid groups (broad SMARTS) is 1. The fraction of sp³-hybridized carbons (Fsp3) is 0.481. The zero-order valence-electron chi connectivity index (χ0n) is 24.7. The number of phosphoric ester groups is 1. The van der Waals surface area contributed by atoms with Crippen molar-refractivity contribution in [1.82, 2.24) is 9.55 Å². The summed E-state index contributed by atoms with van der Waals surface area (Å²) in [4.78, 5) is 50.1. The first-order valence-corrected chi connectivity index (χ1v) is 16.0. The lowest BCUT2D eigenvalue weighted by Crippen LogP contribution is -2.39. The summed E-state index contributed by atoms with van der Waals surface area (Å²) < 4.78 is 74.5. The summed E-state index contributed by atoms with van der Waals surface area (Å²) in [7, 11) is -4.02. The first-order chi connectivity index (χ1) is 21.4. The van der Waals surface area contributed by atoms with Gasteiger partial charge in [-0.1, -0.05) is 48.0 Å². The fourth-order valence-corrected chi connectivity index (χ4v) is 5.94. The highest BCUT2D eigenvalue weighted by atomic mass is 79.9. The average molecular weight is 742 g/mol. The molecule has 46 heavy (non-hydrogen) atoms. The number of hydrogen-bond donors (Lipinski definition) is 3. The van der Waals surface area contributed by atoms with Crippen molar-refractivity contribution < 1.29 is 55.5 Å². The van der Waals surface area contributed by atoms with Crippen molar-refractivity contribution in [2.24, 2.45) is 11.7 Å². The van der Waals surface area contributed by atoms with Crippen LogP contribution in [-0.2, 0) is 39.3 Å². The Balaban J connectivity index is 0.000000738. The Kier molecular flexibility index (Phi) is 12.6. The molecule has 1 aromatic carbocycles. The molecule has 1 unspecified atom stereocenters. The first kappa shape index (κ1) is 37.2. The van der Waals surface area contributed by atoms with Gasteiger partial charge >= 0.3 is 31.6 Å². The number of hydrogen-bond acceptors (Lipinski definition) is 11. The van der Waals surface area contributed by atoms with Crippen molar-refractivity contribution in [1.29, 1.82) is 0 Å². The lowest BCUT2D eigenvalue weighted by atomic mass is 10.0. The molecular formula is C27H32BrF3N3O11P. The minimum absolute atomic E-state index is 0.0293. The van der Waals surface area contributed by atoms with E-state index >= 15 is 0 Å². The number of aliphatic carboxylic acids is 1. The number of para-hydroxylation sites is 1. The van der Waals surface area contributed by atoms with Crippen LogP contribution in [0.5, 0.6) is 5.75 Å². The quantitative estimate of drug-likeness (QED) is 0.246. The fourth-order valence-electron chi connectivity index (χ4n) is 4.36. The number of fused-ring (bicyclic) bond motifs is 1. The zero-order chi connectivity index (χ0) is 34.4. The van der Waals surface area contributed by atoms with Crippen LogP contribution in [0, 0.1) is 12.8 Å². The second-order valence-electron chi connectivity index (χ2n) is 10.6. The smallest absolute Gasteiger partial charge is 0.475 e. The van der Waals surface area contributed by atoms with Crippen molar-refractivity contribution in [3.63, 3.8) is 0 Å². The van der Waals surface area contributed by atoms with Crippen LogP contribution in [0.25, 0.3) is 6.08 Å². The molecule has 0 saturated carbocycles. The largest absolute Gasteiger partial charge is 0.530 e. The van der Waals surface area contributed by atoms with Gasteiger partial charge in [-0.25, -0.2) is 14.2 Å². The molecule has 0 aliphatic carbocycles. The highest BCUT2D eigenvalue weighted by Crippen LogP contribution is 2.55. The maximum absolute atomic E-state index is 13.3. The predicted molar refractivity (Wildman–Crippen MR) is 159 cm³/mol. The Morgan fingerprint density at radius 3 is 2.59 bits per heavy atom. The summed E-state index contributed by atoms with van der Waals surface area (Å²) in [6, 6.07) is 4.59. The molecule has 0 bridgehead atoms. The SMILES string of the molecule is Cc1cccc2c1OP(=O)(OC[C@H]1O[C@@H](n3cc(/C=C/Br)c(=O)[nH]c3=O)C[C@@H]1OC(=O)[C@H](N)CC(C)C)OC2.O=C(O)C(F)(F)F. The van der Waals surface area contributed by atoms with Crippen LogP contribution < -0.4 is 21.5 Å². The lowest BCUT2D eigenvalue weighted by Gasteiger charge is -2.27.